The first-order valence-electron chi connectivity index (χ1n) is 23.7. The van der Waals surface area contributed by atoms with Gasteiger partial charge in [0.05, 0.1) is 54.8 Å². The molecule has 0 saturated carbocycles. The summed E-state index contributed by atoms with van der Waals surface area (Å²) in [5, 5.41) is 19.7. The van der Waals surface area contributed by atoms with Crippen LogP contribution >= 0.6 is 0 Å². The first kappa shape index (κ1) is 55.8. The van der Waals surface area contributed by atoms with Crippen molar-refractivity contribution in [3.8, 4) is 0 Å². The number of likely N-dealkylation sites (tertiary alicyclic amines) is 1. The molecule has 0 aromatic heterocycles. The number of ether oxygens (including phenoxy) is 3. The highest BCUT2D eigenvalue weighted by Crippen LogP contribution is 2.30. The Morgan fingerprint density at radius 1 is 0.864 bits per heavy atom. The Morgan fingerprint density at radius 2 is 1.52 bits per heavy atom. The zero-order valence-electron chi connectivity index (χ0n) is 42.4. The van der Waals surface area contributed by atoms with Crippen molar-refractivity contribution in [1.29, 1.82) is 0 Å². The van der Waals surface area contributed by atoms with Gasteiger partial charge in [-0.05, 0) is 88.6 Å². The SMILES string of the molecule is CCC(C)C(C(CC(=O)N1CCC[C@H]1C(OC)C(C)C(=O)NC(C)C(O)c1ccccc1)OC)N(C)C(=O)C(NC(=O)C(C(C)C)N(C)Cc1cccc(NC(=O)OC(C)(C)C)c1)C(C)C. The van der Waals surface area contributed by atoms with Crippen LogP contribution in [0.5, 0.6) is 0 Å². The second-order valence-corrected chi connectivity index (χ2v) is 19.9. The van der Waals surface area contributed by atoms with Crippen LogP contribution in [0, 0.1) is 23.7 Å². The summed E-state index contributed by atoms with van der Waals surface area (Å²) >= 11 is 0. The molecule has 1 aliphatic heterocycles. The molecule has 3 rings (SSSR count). The Balaban J connectivity index is 1.76. The van der Waals surface area contributed by atoms with Crippen LogP contribution in [0.25, 0.3) is 0 Å². The van der Waals surface area contributed by atoms with Crippen LogP contribution in [0.4, 0.5) is 10.5 Å². The third-order valence-corrected chi connectivity index (χ3v) is 12.9. The minimum Gasteiger partial charge on any atom is -0.444 e. The van der Waals surface area contributed by atoms with E-state index in [1.165, 1.54) is 0 Å². The fourth-order valence-electron chi connectivity index (χ4n) is 9.22. The zero-order valence-corrected chi connectivity index (χ0v) is 42.4. The van der Waals surface area contributed by atoms with Crippen molar-refractivity contribution in [3.63, 3.8) is 0 Å². The lowest BCUT2D eigenvalue weighted by Gasteiger charge is -2.41. The van der Waals surface area contributed by atoms with Gasteiger partial charge in [-0.15, -0.1) is 0 Å². The van der Waals surface area contributed by atoms with Gasteiger partial charge in [-0.1, -0.05) is 97.4 Å². The molecule has 0 bridgehead atoms. The highest BCUT2D eigenvalue weighted by molar-refractivity contribution is 5.90. The lowest BCUT2D eigenvalue weighted by atomic mass is 9.89. The number of aliphatic hydroxyl groups is 1. The first-order chi connectivity index (χ1) is 30.9. The molecule has 1 fully saturated rings. The number of carbonyl (C=O) groups is 5. The molecule has 1 aliphatic rings. The largest absolute Gasteiger partial charge is 0.444 e. The van der Waals surface area contributed by atoms with E-state index in [0.29, 0.717) is 37.2 Å². The molecule has 9 unspecified atom stereocenters. The Labute approximate surface area is 395 Å². The molecule has 10 atom stereocenters. The summed E-state index contributed by atoms with van der Waals surface area (Å²) in [4.78, 5) is 74.7. The maximum atomic E-state index is 14.7. The van der Waals surface area contributed by atoms with Crippen LogP contribution in [-0.2, 0) is 39.9 Å². The van der Waals surface area contributed by atoms with Crippen molar-refractivity contribution in [1.82, 2.24) is 25.3 Å². The predicted molar refractivity (Wildman–Crippen MR) is 258 cm³/mol. The highest BCUT2D eigenvalue weighted by atomic mass is 16.6. The van der Waals surface area contributed by atoms with Crippen LogP contribution in [-0.4, -0.2) is 132 Å². The van der Waals surface area contributed by atoms with E-state index in [-0.39, 0.29) is 53.8 Å². The molecule has 370 valence electrons. The fourth-order valence-corrected chi connectivity index (χ4v) is 9.22. The molecule has 4 N–H and O–H groups in total. The summed E-state index contributed by atoms with van der Waals surface area (Å²) < 4.78 is 17.5. The standard InChI is InChI=1S/C51H82N6O9/c1-16-33(6)44(40(64-14)29-41(58)57-27-21-26-39(57)46(65-15)34(7)47(60)52-35(8)45(59)37-23-18-17-19-24-37)56(13)49(62)42(31(2)3)54-48(61)43(32(4)5)55(12)30-36-22-20-25-38(28-36)53-50(63)66-51(9,10)11/h17-20,22-25,28,31-35,39-40,42-46,59H,16,21,26-27,29-30H2,1-15H3,(H,52,60)(H,53,63)(H,54,61)/t33?,34?,35?,39-,40?,42?,43?,44?,45?,46?/m0/s1. The topological polar surface area (TPSA) is 179 Å². The molecule has 0 radical (unpaired) electrons. The molecule has 2 aromatic carbocycles. The van der Waals surface area contributed by atoms with Crippen LogP contribution in [0.2, 0.25) is 0 Å². The van der Waals surface area contributed by atoms with Gasteiger partial charge in [0.1, 0.15) is 11.6 Å². The molecule has 0 spiro atoms. The van der Waals surface area contributed by atoms with E-state index in [4.69, 9.17) is 14.2 Å². The van der Waals surface area contributed by atoms with Gasteiger partial charge in [0.15, 0.2) is 0 Å². The molecule has 15 nitrogen and oxygen atoms in total. The fraction of sp³-hybridized carbons (Fsp3) is 0.667. The third kappa shape index (κ3) is 15.5. The molecule has 5 amide bonds. The van der Waals surface area contributed by atoms with E-state index in [9.17, 15) is 29.1 Å². The van der Waals surface area contributed by atoms with Crippen molar-refractivity contribution in [2.75, 3.05) is 40.2 Å². The van der Waals surface area contributed by atoms with Gasteiger partial charge >= 0.3 is 6.09 Å². The minimum absolute atomic E-state index is 0.00957. The molecular weight excluding hydrogens is 841 g/mol. The predicted octanol–water partition coefficient (Wildman–Crippen LogP) is 6.79. The van der Waals surface area contributed by atoms with Crippen LogP contribution < -0.4 is 16.0 Å². The van der Waals surface area contributed by atoms with E-state index in [1.54, 1.807) is 71.8 Å². The average molecular weight is 923 g/mol. The molecule has 66 heavy (non-hydrogen) atoms. The number of hydrogen-bond donors (Lipinski definition) is 4. The number of rotatable bonds is 23. The summed E-state index contributed by atoms with van der Waals surface area (Å²) in [6.07, 6.45) is -0.668. The van der Waals surface area contributed by atoms with E-state index in [0.717, 1.165) is 12.0 Å². The first-order valence-corrected chi connectivity index (χ1v) is 23.7. The average Bonchev–Trinajstić information content (AvgIpc) is 3.74. The number of aliphatic hydroxyl groups excluding tert-OH is 1. The Hall–Kier alpha value is -4.57. The summed E-state index contributed by atoms with van der Waals surface area (Å²) in [5.74, 6) is -2.11. The van der Waals surface area contributed by atoms with E-state index < -0.39 is 60.1 Å². The Bertz CT molecular complexity index is 1870. The number of anilines is 1. The number of nitrogens with one attached hydrogen (secondary N) is 3. The Kier molecular flexibility index (Phi) is 21.6. The maximum absolute atomic E-state index is 14.7. The normalized spacial score (nSPS) is 18.4. The van der Waals surface area contributed by atoms with Crippen molar-refractivity contribution < 1.29 is 43.3 Å². The number of amides is 5. The number of nitrogens with zero attached hydrogens (tertiary/aromatic N) is 3. The monoisotopic (exact) mass is 923 g/mol. The summed E-state index contributed by atoms with van der Waals surface area (Å²) in [6.45, 7) is 21.6. The van der Waals surface area contributed by atoms with E-state index >= 15 is 0 Å². The summed E-state index contributed by atoms with van der Waals surface area (Å²) in [6, 6.07) is 13.6. The number of benzene rings is 2. The summed E-state index contributed by atoms with van der Waals surface area (Å²) in [5.41, 5.74) is 1.50. The van der Waals surface area contributed by atoms with Crippen LogP contribution in [0.1, 0.15) is 119 Å². The minimum atomic E-state index is -0.897. The van der Waals surface area contributed by atoms with E-state index in [1.807, 2.05) is 102 Å². The summed E-state index contributed by atoms with van der Waals surface area (Å²) in [7, 11) is 6.69. The van der Waals surface area contributed by atoms with Gasteiger partial charge in [0.2, 0.25) is 23.6 Å². The second-order valence-electron chi connectivity index (χ2n) is 19.9. The van der Waals surface area contributed by atoms with Crippen molar-refractivity contribution in [2.45, 2.75) is 163 Å². The Morgan fingerprint density at radius 3 is 2.08 bits per heavy atom. The lowest BCUT2D eigenvalue weighted by molar-refractivity contribution is -0.148. The quantitative estimate of drug-likeness (QED) is 0.0928. The smallest absolute Gasteiger partial charge is 0.412 e. The van der Waals surface area contributed by atoms with Gasteiger partial charge in [0, 0.05) is 40.0 Å². The molecule has 0 aliphatic carbocycles. The molecule has 2 aromatic rings. The molecule has 15 heteroatoms. The zero-order chi connectivity index (χ0) is 49.6. The maximum Gasteiger partial charge on any atom is 0.412 e. The number of likely N-dealkylation sites (N-methyl/N-ethyl adjacent to an activating group) is 2. The van der Waals surface area contributed by atoms with Crippen LogP contribution in [0.3, 0.4) is 0 Å². The van der Waals surface area contributed by atoms with Crippen LogP contribution in [0.15, 0.2) is 54.6 Å². The molecule has 1 heterocycles. The molecular formula is C51H82N6O9. The van der Waals surface area contributed by atoms with Crippen molar-refractivity contribution >= 4 is 35.4 Å². The number of hydrogen-bond acceptors (Lipinski definition) is 10. The third-order valence-electron chi connectivity index (χ3n) is 12.9. The van der Waals surface area contributed by atoms with E-state index in [2.05, 4.69) is 16.0 Å². The molecule has 1 saturated heterocycles. The van der Waals surface area contributed by atoms with Crippen molar-refractivity contribution in [2.24, 2.45) is 23.7 Å². The highest BCUT2D eigenvalue weighted by Gasteiger charge is 2.43. The second kappa shape index (κ2) is 25.5. The number of methoxy groups -OCH3 is 2. The lowest BCUT2D eigenvalue weighted by Crippen LogP contribution is -2.60. The van der Waals surface area contributed by atoms with Gasteiger partial charge in [-0.25, -0.2) is 4.79 Å². The van der Waals surface area contributed by atoms with Gasteiger partial charge in [0.25, 0.3) is 0 Å². The van der Waals surface area contributed by atoms with Gasteiger partial charge < -0.3 is 39.8 Å². The van der Waals surface area contributed by atoms with Gasteiger partial charge in [-0.2, -0.15) is 0 Å². The number of carbonyl (C=O) groups excluding carboxylic acids is 5. The van der Waals surface area contributed by atoms with Gasteiger partial charge in [-0.3, -0.25) is 29.4 Å². The van der Waals surface area contributed by atoms with Crippen molar-refractivity contribution in [3.05, 3.63) is 65.7 Å².